The number of carboxylic acid groups (broad SMARTS) is 1. The highest BCUT2D eigenvalue weighted by Gasteiger charge is 2.24. The Bertz CT molecular complexity index is 607. The van der Waals surface area contributed by atoms with Crippen LogP contribution in [0.25, 0.3) is 0 Å². The number of rotatable bonds is 5. The highest BCUT2D eigenvalue weighted by Crippen LogP contribution is 2.23. The average Bonchev–Trinajstić information content (AvgIpc) is 2.78. The zero-order valence-corrected chi connectivity index (χ0v) is 11.3. The Kier molecular flexibility index (Phi) is 4.02. The van der Waals surface area contributed by atoms with Gasteiger partial charge in [0.2, 0.25) is 0 Å². The van der Waals surface area contributed by atoms with Gasteiger partial charge >= 0.3 is 5.97 Å². The molecule has 0 saturated heterocycles. The number of aryl methyl sites for hydroxylation is 2. The summed E-state index contributed by atoms with van der Waals surface area (Å²) in [6, 6.07) is 4.67. The predicted octanol–water partition coefficient (Wildman–Crippen LogP) is 2.36. The number of benzene rings is 1. The predicted molar refractivity (Wildman–Crippen MR) is 73.0 cm³/mol. The van der Waals surface area contributed by atoms with Crippen molar-refractivity contribution in [2.45, 2.75) is 19.4 Å². The topological polar surface area (TPSA) is 67.2 Å². The quantitative estimate of drug-likeness (QED) is 0.880. The van der Waals surface area contributed by atoms with Gasteiger partial charge in [0, 0.05) is 24.5 Å². The first-order chi connectivity index (χ1) is 9.51. The number of hydrogen-bond donors (Lipinski definition) is 2. The average molecular weight is 277 g/mol. The van der Waals surface area contributed by atoms with Crippen molar-refractivity contribution < 1.29 is 14.3 Å². The van der Waals surface area contributed by atoms with E-state index in [4.69, 9.17) is 0 Å². The summed E-state index contributed by atoms with van der Waals surface area (Å²) in [7, 11) is 1.75. The molecule has 0 saturated carbocycles. The van der Waals surface area contributed by atoms with Gasteiger partial charge in [-0.2, -0.15) is 5.10 Å². The Morgan fingerprint density at radius 2 is 2.10 bits per heavy atom. The number of aliphatic carboxylic acids is 1. The molecule has 20 heavy (non-hydrogen) atoms. The molecular formula is C14H16FN3O2. The maximum absolute atomic E-state index is 12.9. The van der Waals surface area contributed by atoms with Crippen LogP contribution in [0.1, 0.15) is 24.2 Å². The molecule has 2 aromatic rings. The van der Waals surface area contributed by atoms with Crippen molar-refractivity contribution in [3.63, 3.8) is 0 Å². The Morgan fingerprint density at radius 1 is 1.45 bits per heavy atom. The second-order valence-electron chi connectivity index (χ2n) is 4.48. The lowest BCUT2D eigenvalue weighted by molar-refractivity contribution is -0.138. The summed E-state index contributed by atoms with van der Waals surface area (Å²) in [5.41, 5.74) is 1.89. The van der Waals surface area contributed by atoms with Crippen LogP contribution >= 0.6 is 0 Å². The molecular weight excluding hydrogens is 261 g/mol. The molecule has 0 aliphatic rings. The van der Waals surface area contributed by atoms with E-state index >= 15 is 0 Å². The van der Waals surface area contributed by atoms with E-state index in [1.807, 2.05) is 6.92 Å². The molecule has 106 valence electrons. The zero-order chi connectivity index (χ0) is 14.7. The van der Waals surface area contributed by atoms with E-state index in [1.54, 1.807) is 17.9 Å². The van der Waals surface area contributed by atoms with Crippen LogP contribution < -0.4 is 5.32 Å². The maximum Gasteiger partial charge on any atom is 0.330 e. The second kappa shape index (κ2) is 5.73. The second-order valence-corrected chi connectivity index (χ2v) is 4.48. The number of halogens is 1. The third-order valence-corrected chi connectivity index (χ3v) is 2.99. The molecule has 0 aliphatic carbocycles. The summed E-state index contributed by atoms with van der Waals surface area (Å²) in [5.74, 6) is -1.37. The number of hydrogen-bond acceptors (Lipinski definition) is 3. The summed E-state index contributed by atoms with van der Waals surface area (Å²) in [6.07, 6.45) is 2.33. The fraction of sp³-hybridized carbons (Fsp3) is 0.286. The lowest BCUT2D eigenvalue weighted by Crippen LogP contribution is -2.21. The van der Waals surface area contributed by atoms with Gasteiger partial charge in [0.25, 0.3) is 0 Å². The van der Waals surface area contributed by atoms with Crippen molar-refractivity contribution in [3.05, 3.63) is 47.5 Å². The molecule has 0 bridgehead atoms. The number of carboxylic acids is 1. The fourth-order valence-electron chi connectivity index (χ4n) is 2.05. The van der Waals surface area contributed by atoms with E-state index in [9.17, 15) is 14.3 Å². The van der Waals surface area contributed by atoms with E-state index in [0.29, 0.717) is 17.7 Å². The minimum atomic E-state index is -1.00. The van der Waals surface area contributed by atoms with Crippen molar-refractivity contribution in [2.75, 3.05) is 5.32 Å². The van der Waals surface area contributed by atoms with Crippen molar-refractivity contribution in [1.82, 2.24) is 9.78 Å². The smallest absolute Gasteiger partial charge is 0.330 e. The summed E-state index contributed by atoms with van der Waals surface area (Å²) in [6.45, 7) is 1.92. The van der Waals surface area contributed by atoms with Crippen LogP contribution in [-0.2, 0) is 18.3 Å². The van der Waals surface area contributed by atoms with Crippen LogP contribution in [0.3, 0.4) is 0 Å². The monoisotopic (exact) mass is 277 g/mol. The SMILES string of the molecule is CCc1nn(C)cc1C(Nc1ccc(F)cc1)C(=O)O. The van der Waals surface area contributed by atoms with Crippen LogP contribution in [0.4, 0.5) is 10.1 Å². The van der Waals surface area contributed by atoms with Crippen LogP contribution in [0, 0.1) is 5.82 Å². The van der Waals surface area contributed by atoms with Crippen molar-refractivity contribution in [3.8, 4) is 0 Å². The fourth-order valence-corrected chi connectivity index (χ4v) is 2.05. The van der Waals surface area contributed by atoms with E-state index in [2.05, 4.69) is 10.4 Å². The van der Waals surface area contributed by atoms with Gasteiger partial charge in [-0.25, -0.2) is 9.18 Å². The van der Waals surface area contributed by atoms with E-state index < -0.39 is 12.0 Å². The lowest BCUT2D eigenvalue weighted by atomic mass is 10.1. The molecule has 2 rings (SSSR count). The maximum atomic E-state index is 12.9. The molecule has 0 radical (unpaired) electrons. The first-order valence-corrected chi connectivity index (χ1v) is 6.28. The number of nitrogens with zero attached hydrogens (tertiary/aromatic N) is 2. The Hall–Kier alpha value is -2.37. The summed E-state index contributed by atoms with van der Waals surface area (Å²) in [4.78, 5) is 11.5. The molecule has 6 heteroatoms. The van der Waals surface area contributed by atoms with Crippen molar-refractivity contribution >= 4 is 11.7 Å². The van der Waals surface area contributed by atoms with Crippen LogP contribution in [0.15, 0.2) is 30.5 Å². The standard InChI is InChI=1S/C14H16FN3O2/c1-3-12-11(8-18(2)17-12)13(14(19)20)16-10-6-4-9(15)5-7-10/h4-8,13,16H,3H2,1-2H3,(H,19,20). The summed E-state index contributed by atoms with van der Waals surface area (Å²) in [5, 5.41) is 16.5. The Balaban J connectivity index is 2.31. The number of nitrogens with one attached hydrogen (secondary N) is 1. The van der Waals surface area contributed by atoms with Gasteiger partial charge < -0.3 is 10.4 Å². The number of anilines is 1. The van der Waals surface area contributed by atoms with Gasteiger partial charge in [0.05, 0.1) is 5.69 Å². The van der Waals surface area contributed by atoms with E-state index in [-0.39, 0.29) is 5.82 Å². The highest BCUT2D eigenvalue weighted by atomic mass is 19.1. The van der Waals surface area contributed by atoms with Crippen molar-refractivity contribution in [1.29, 1.82) is 0 Å². The van der Waals surface area contributed by atoms with Gasteiger partial charge in [0.1, 0.15) is 5.82 Å². The Labute approximate surface area is 116 Å². The molecule has 1 aromatic heterocycles. The van der Waals surface area contributed by atoms with Gasteiger partial charge in [-0.1, -0.05) is 6.92 Å². The molecule has 0 aliphatic heterocycles. The minimum Gasteiger partial charge on any atom is -0.479 e. The van der Waals surface area contributed by atoms with Crippen molar-refractivity contribution in [2.24, 2.45) is 7.05 Å². The number of carbonyl (C=O) groups is 1. The zero-order valence-electron chi connectivity index (χ0n) is 11.3. The molecule has 2 N–H and O–H groups in total. The van der Waals surface area contributed by atoms with Crippen LogP contribution in [-0.4, -0.2) is 20.9 Å². The Morgan fingerprint density at radius 3 is 2.65 bits per heavy atom. The molecule has 0 fully saturated rings. The molecule has 1 atom stereocenters. The normalized spacial score (nSPS) is 12.2. The molecule has 1 aromatic carbocycles. The summed E-state index contributed by atoms with van der Waals surface area (Å²) < 4.78 is 14.5. The molecule has 5 nitrogen and oxygen atoms in total. The summed E-state index contributed by atoms with van der Waals surface area (Å²) >= 11 is 0. The highest BCUT2D eigenvalue weighted by molar-refractivity contribution is 5.79. The van der Waals surface area contributed by atoms with Gasteiger partial charge in [-0.15, -0.1) is 0 Å². The van der Waals surface area contributed by atoms with Crippen LogP contribution in [0.2, 0.25) is 0 Å². The lowest BCUT2D eigenvalue weighted by Gasteiger charge is -2.15. The van der Waals surface area contributed by atoms with Gasteiger partial charge in [-0.3, -0.25) is 4.68 Å². The van der Waals surface area contributed by atoms with Crippen LogP contribution in [0.5, 0.6) is 0 Å². The van der Waals surface area contributed by atoms with E-state index in [1.165, 1.54) is 24.3 Å². The largest absolute Gasteiger partial charge is 0.479 e. The molecule has 0 spiro atoms. The number of aromatic nitrogens is 2. The first kappa shape index (κ1) is 14.0. The molecule has 1 unspecified atom stereocenters. The van der Waals surface area contributed by atoms with Gasteiger partial charge in [-0.05, 0) is 30.7 Å². The third kappa shape index (κ3) is 2.96. The molecule has 0 amide bonds. The first-order valence-electron chi connectivity index (χ1n) is 6.28. The minimum absolute atomic E-state index is 0.363. The molecule has 1 heterocycles. The van der Waals surface area contributed by atoms with E-state index in [0.717, 1.165) is 5.69 Å². The van der Waals surface area contributed by atoms with Gasteiger partial charge in [0.15, 0.2) is 6.04 Å². The third-order valence-electron chi connectivity index (χ3n) is 2.99.